The van der Waals surface area contributed by atoms with Crippen molar-refractivity contribution in [3.8, 4) is 44.6 Å². The summed E-state index contributed by atoms with van der Waals surface area (Å²) >= 11 is 0. The van der Waals surface area contributed by atoms with E-state index in [0.717, 1.165) is 22.4 Å². The minimum absolute atomic E-state index is 0.655. The van der Waals surface area contributed by atoms with Crippen molar-refractivity contribution in [2.45, 2.75) is 44.9 Å². The first-order valence-electron chi connectivity index (χ1n) is 19.2. The molecule has 1 heteroatoms. The van der Waals surface area contributed by atoms with E-state index in [0.29, 0.717) is 5.92 Å². The first-order chi connectivity index (χ1) is 26.3. The molecule has 1 heterocycles. The Morgan fingerprint density at radius 1 is 0.491 bits per heavy atom. The zero-order valence-corrected chi connectivity index (χ0v) is 30.3. The predicted octanol–water partition coefficient (Wildman–Crippen LogP) is 14.8. The minimum atomic E-state index is 0.655. The van der Waals surface area contributed by atoms with Gasteiger partial charge in [0.2, 0.25) is 0 Å². The van der Waals surface area contributed by atoms with E-state index in [1.807, 2.05) is 25.3 Å². The van der Waals surface area contributed by atoms with Gasteiger partial charge in [0.25, 0.3) is 0 Å². The molecule has 1 aliphatic carbocycles. The summed E-state index contributed by atoms with van der Waals surface area (Å²) in [5.74, 6) is 0.655. The number of rotatable bonds is 7. The molecule has 1 fully saturated rings. The summed E-state index contributed by atoms with van der Waals surface area (Å²) in [6, 6.07) is 54.0. The molecule has 0 unspecified atom stereocenters. The van der Waals surface area contributed by atoms with Gasteiger partial charge in [0.15, 0.2) is 0 Å². The Kier molecular flexibility index (Phi) is 9.00. The van der Waals surface area contributed by atoms with Crippen LogP contribution >= 0.6 is 0 Å². The molecule has 7 aromatic carbocycles. The molecule has 0 N–H and O–H groups in total. The lowest BCUT2D eigenvalue weighted by Gasteiger charge is -2.24. The molecule has 8 aromatic rings. The van der Waals surface area contributed by atoms with Crippen molar-refractivity contribution in [3.63, 3.8) is 0 Å². The average Bonchev–Trinajstić information content (AvgIpc) is 3.23. The zero-order valence-electron chi connectivity index (χ0n) is 30.3. The van der Waals surface area contributed by atoms with E-state index in [4.69, 9.17) is 4.98 Å². The van der Waals surface area contributed by atoms with Gasteiger partial charge in [-0.3, -0.25) is 4.98 Å². The summed E-state index contributed by atoms with van der Waals surface area (Å²) in [4.78, 5) is 4.75. The fourth-order valence-electron chi connectivity index (χ4n) is 8.73. The highest BCUT2D eigenvalue weighted by molar-refractivity contribution is 6.23. The van der Waals surface area contributed by atoms with Crippen molar-refractivity contribution in [3.05, 3.63) is 181 Å². The minimum Gasteiger partial charge on any atom is -0.256 e. The first kappa shape index (κ1) is 32.8. The lowest BCUT2D eigenvalue weighted by atomic mass is 9.80. The van der Waals surface area contributed by atoms with Crippen molar-refractivity contribution >= 4 is 38.4 Å². The summed E-state index contributed by atoms with van der Waals surface area (Å²) in [5.41, 5.74) is 12.3. The maximum atomic E-state index is 4.75. The van der Waals surface area contributed by atoms with Gasteiger partial charge in [-0.2, -0.15) is 0 Å². The summed E-state index contributed by atoms with van der Waals surface area (Å²) in [5, 5.41) is 7.92. The Morgan fingerprint density at radius 3 is 1.87 bits per heavy atom. The van der Waals surface area contributed by atoms with Gasteiger partial charge in [-0.15, -0.1) is 0 Å². The molecule has 9 rings (SSSR count). The van der Waals surface area contributed by atoms with Crippen LogP contribution in [-0.2, 0) is 0 Å². The lowest BCUT2D eigenvalue weighted by molar-refractivity contribution is 0.445. The quantitative estimate of drug-likeness (QED) is 0.121. The van der Waals surface area contributed by atoms with E-state index < -0.39 is 0 Å². The van der Waals surface area contributed by atoms with Gasteiger partial charge in [0.05, 0.1) is 5.69 Å². The van der Waals surface area contributed by atoms with E-state index in [-0.39, 0.29) is 0 Å². The molecule has 1 saturated carbocycles. The SMILES string of the molecule is C/C=C\C=C/c1cccc(-c2cc(-c3ccc(-c4c5ccccc5c(-c5cccc6c(C7CCCCC7)cccc56)c5ccccc45)cc3)ccn2)c1. The van der Waals surface area contributed by atoms with Gasteiger partial charge < -0.3 is 0 Å². The Bertz CT molecular complexity index is 2590. The predicted molar refractivity (Wildman–Crippen MR) is 228 cm³/mol. The molecule has 0 bridgehead atoms. The van der Waals surface area contributed by atoms with E-state index in [2.05, 4.69) is 158 Å². The molecule has 1 aliphatic rings. The van der Waals surface area contributed by atoms with Gasteiger partial charge >= 0.3 is 0 Å². The number of aromatic nitrogens is 1. The molecule has 1 nitrogen and oxygen atoms in total. The van der Waals surface area contributed by atoms with Crippen LogP contribution in [0.2, 0.25) is 0 Å². The molecule has 256 valence electrons. The number of hydrogen-bond acceptors (Lipinski definition) is 1. The second kappa shape index (κ2) is 14.5. The zero-order chi connectivity index (χ0) is 35.6. The lowest BCUT2D eigenvalue weighted by Crippen LogP contribution is -2.05. The van der Waals surface area contributed by atoms with E-state index in [9.17, 15) is 0 Å². The molecule has 0 radical (unpaired) electrons. The fraction of sp³-hybridized carbons (Fsp3) is 0.135. The fourth-order valence-corrected chi connectivity index (χ4v) is 8.73. The van der Waals surface area contributed by atoms with Crippen LogP contribution in [0.15, 0.2) is 170 Å². The third-order valence-corrected chi connectivity index (χ3v) is 11.2. The Hall–Kier alpha value is -6.05. The van der Waals surface area contributed by atoms with Crippen molar-refractivity contribution < 1.29 is 0 Å². The van der Waals surface area contributed by atoms with Gasteiger partial charge in [-0.1, -0.05) is 171 Å². The smallest absolute Gasteiger partial charge is 0.0708 e. The number of benzene rings is 7. The number of hydrogen-bond donors (Lipinski definition) is 0. The second-order valence-electron chi connectivity index (χ2n) is 14.4. The topological polar surface area (TPSA) is 12.9 Å². The molecule has 0 aliphatic heterocycles. The largest absolute Gasteiger partial charge is 0.256 e. The van der Waals surface area contributed by atoms with E-state index in [1.54, 1.807) is 0 Å². The number of nitrogens with zero attached hydrogens (tertiary/aromatic N) is 1. The summed E-state index contributed by atoms with van der Waals surface area (Å²) in [6.07, 6.45) is 16.9. The molecule has 0 atom stereocenters. The van der Waals surface area contributed by atoms with E-state index >= 15 is 0 Å². The van der Waals surface area contributed by atoms with Gasteiger partial charge in [0.1, 0.15) is 0 Å². The number of allylic oxidation sites excluding steroid dienone is 3. The van der Waals surface area contributed by atoms with Crippen LogP contribution in [0.4, 0.5) is 0 Å². The van der Waals surface area contributed by atoms with Crippen molar-refractivity contribution in [2.75, 3.05) is 0 Å². The molecule has 0 spiro atoms. The van der Waals surface area contributed by atoms with Gasteiger partial charge in [-0.05, 0) is 121 Å². The summed E-state index contributed by atoms with van der Waals surface area (Å²) in [6.45, 7) is 2.03. The highest BCUT2D eigenvalue weighted by Crippen LogP contribution is 2.46. The maximum absolute atomic E-state index is 4.75. The van der Waals surface area contributed by atoms with Crippen LogP contribution < -0.4 is 0 Å². The third-order valence-electron chi connectivity index (χ3n) is 11.2. The van der Waals surface area contributed by atoms with Crippen LogP contribution in [-0.4, -0.2) is 4.98 Å². The van der Waals surface area contributed by atoms with Crippen LogP contribution in [0.5, 0.6) is 0 Å². The highest BCUT2D eigenvalue weighted by atomic mass is 14.7. The summed E-state index contributed by atoms with van der Waals surface area (Å²) in [7, 11) is 0. The van der Waals surface area contributed by atoms with Crippen LogP contribution in [0.1, 0.15) is 56.1 Å². The Labute approximate surface area is 313 Å². The van der Waals surface area contributed by atoms with Gasteiger partial charge in [0, 0.05) is 11.8 Å². The second-order valence-corrected chi connectivity index (χ2v) is 14.4. The Balaban J connectivity index is 1.14. The molecule has 53 heavy (non-hydrogen) atoms. The Morgan fingerprint density at radius 2 is 1.13 bits per heavy atom. The third kappa shape index (κ3) is 6.27. The van der Waals surface area contributed by atoms with Crippen molar-refractivity contribution in [1.29, 1.82) is 0 Å². The molecule has 0 amide bonds. The monoisotopic (exact) mass is 681 g/mol. The van der Waals surface area contributed by atoms with Crippen molar-refractivity contribution in [1.82, 2.24) is 4.98 Å². The molecular weight excluding hydrogens is 639 g/mol. The maximum Gasteiger partial charge on any atom is 0.0708 e. The van der Waals surface area contributed by atoms with Crippen LogP contribution in [0.3, 0.4) is 0 Å². The van der Waals surface area contributed by atoms with Gasteiger partial charge in [-0.25, -0.2) is 0 Å². The first-order valence-corrected chi connectivity index (χ1v) is 19.2. The highest BCUT2D eigenvalue weighted by Gasteiger charge is 2.21. The van der Waals surface area contributed by atoms with E-state index in [1.165, 1.54) is 97.8 Å². The number of pyridine rings is 1. The average molecular weight is 682 g/mol. The summed E-state index contributed by atoms with van der Waals surface area (Å²) < 4.78 is 0. The van der Waals surface area contributed by atoms with Crippen LogP contribution in [0, 0.1) is 0 Å². The molecular formula is C52H43N. The molecule has 0 saturated heterocycles. The van der Waals surface area contributed by atoms with Crippen LogP contribution in [0.25, 0.3) is 83.0 Å². The van der Waals surface area contributed by atoms with Crippen molar-refractivity contribution in [2.24, 2.45) is 0 Å². The normalized spacial score (nSPS) is 13.9. The molecule has 1 aromatic heterocycles. The number of fused-ring (bicyclic) bond motifs is 3. The standard InChI is InChI=1S/C52H43N/c1-2-3-5-15-36-16-12-19-41(34-36)50-35-40(32-33-53-50)37-28-30-39(31-29-37)51-46-20-8-10-22-48(46)52(49-23-11-9-21-47(49)51)45-27-14-25-43-42(24-13-26-44(43)45)38-17-6-4-7-18-38/h2-3,5,8-16,19-35,38H,4,6-7,17-18H2,1H3/b3-2-,15-5-.